The molecule has 1 N–H and O–H groups in total. The van der Waals surface area contributed by atoms with E-state index in [9.17, 15) is 0 Å². The van der Waals surface area contributed by atoms with E-state index in [1.165, 1.54) is 21.8 Å². The first kappa shape index (κ1) is 16.2. The van der Waals surface area contributed by atoms with Crippen LogP contribution in [0.15, 0.2) is 95.4 Å². The maximum absolute atomic E-state index is 5.99. The van der Waals surface area contributed by atoms with Gasteiger partial charge in [0.05, 0.1) is 16.6 Å². The molecular weight excluding hydrogens is 396 g/mol. The number of para-hydroxylation sites is 4. The Morgan fingerprint density at radius 1 is 0.688 bits per heavy atom. The predicted molar refractivity (Wildman–Crippen MR) is 129 cm³/mol. The summed E-state index contributed by atoms with van der Waals surface area (Å²) in [6.45, 7) is 0. The third kappa shape index (κ3) is 1.91. The summed E-state index contributed by atoms with van der Waals surface area (Å²) in [6.07, 6.45) is 0. The van der Waals surface area contributed by atoms with Crippen molar-refractivity contribution in [3.05, 3.63) is 91.0 Å². The molecule has 0 fully saturated rings. The van der Waals surface area contributed by atoms with Gasteiger partial charge >= 0.3 is 5.84 Å². The summed E-state index contributed by atoms with van der Waals surface area (Å²) in [6, 6.07) is 31.7. The van der Waals surface area contributed by atoms with Crippen LogP contribution >= 0.6 is 0 Å². The molecule has 0 unspecified atom stereocenters. The van der Waals surface area contributed by atoms with Gasteiger partial charge in [0, 0.05) is 27.4 Å². The van der Waals surface area contributed by atoms with Crippen molar-refractivity contribution in [1.82, 2.24) is 18.9 Å². The monoisotopic (exact) mass is 412 g/mol. The van der Waals surface area contributed by atoms with Crippen molar-refractivity contribution < 1.29 is 4.42 Å². The fraction of sp³-hybridized carbons (Fsp3) is 0. The normalized spacial score (nSPS) is 12.4. The van der Waals surface area contributed by atoms with E-state index >= 15 is 0 Å². The van der Waals surface area contributed by atoms with E-state index in [4.69, 9.17) is 9.40 Å². The highest BCUT2D eigenvalue weighted by molar-refractivity contribution is 6.10. The average molecular weight is 412 g/mol. The second-order valence-electron chi connectivity index (χ2n) is 8.22. The minimum absolute atomic E-state index is 0.608. The highest BCUT2D eigenvalue weighted by Crippen LogP contribution is 2.35. The molecule has 4 aromatic heterocycles. The maximum Gasteiger partial charge on any atom is 0.309 e. The fourth-order valence-corrected chi connectivity index (χ4v) is 5.13. The molecule has 8 rings (SSSR count). The molecule has 4 aromatic carbocycles. The van der Waals surface area contributed by atoms with Gasteiger partial charge in [-0.3, -0.25) is 0 Å². The molecule has 8 aromatic rings. The highest BCUT2D eigenvalue weighted by Gasteiger charge is 2.18. The van der Waals surface area contributed by atoms with Gasteiger partial charge < -0.3 is 14.0 Å². The number of imidazole rings is 1. The highest BCUT2D eigenvalue weighted by atomic mass is 16.4. The number of benzene rings is 4. The second-order valence-corrected chi connectivity index (χ2v) is 8.22. The smallest absolute Gasteiger partial charge is 0.309 e. The van der Waals surface area contributed by atoms with Crippen LogP contribution in [0.1, 0.15) is 0 Å². The van der Waals surface area contributed by atoms with Crippen molar-refractivity contribution in [1.29, 1.82) is 0 Å². The molecule has 0 saturated heterocycles. The lowest BCUT2D eigenvalue weighted by Crippen LogP contribution is -1.93. The number of hydrogen-bond donors (Lipinski definition) is 1. The molecule has 0 bridgehead atoms. The summed E-state index contributed by atoms with van der Waals surface area (Å²) >= 11 is 0. The van der Waals surface area contributed by atoms with E-state index in [1.54, 1.807) is 0 Å². The van der Waals surface area contributed by atoms with Crippen LogP contribution in [0.2, 0.25) is 0 Å². The van der Waals surface area contributed by atoms with E-state index in [2.05, 4.69) is 86.7 Å². The Kier molecular flexibility index (Phi) is 2.83. The van der Waals surface area contributed by atoms with Crippen LogP contribution in [0.25, 0.3) is 66.5 Å². The lowest BCUT2D eigenvalue weighted by atomic mass is 10.2. The van der Waals surface area contributed by atoms with Gasteiger partial charge in [0.15, 0.2) is 5.58 Å². The maximum atomic E-state index is 5.99. The summed E-state index contributed by atoms with van der Waals surface area (Å²) in [5.74, 6) is 0.608. The number of fused-ring (bicyclic) bond motifs is 10. The molecule has 0 atom stereocenters. The van der Waals surface area contributed by atoms with Gasteiger partial charge in [0.2, 0.25) is 0 Å². The molecule has 150 valence electrons. The van der Waals surface area contributed by atoms with Crippen molar-refractivity contribution in [3.63, 3.8) is 0 Å². The van der Waals surface area contributed by atoms with Gasteiger partial charge in [-0.25, -0.2) is 4.40 Å². The number of aromatic amines is 1. The zero-order valence-electron chi connectivity index (χ0n) is 16.9. The van der Waals surface area contributed by atoms with Gasteiger partial charge in [-0.15, -0.1) is 0 Å². The number of hydrogen-bond acceptors (Lipinski definition) is 2. The van der Waals surface area contributed by atoms with Gasteiger partial charge in [-0.1, -0.05) is 48.5 Å². The molecule has 0 spiro atoms. The summed E-state index contributed by atoms with van der Waals surface area (Å²) in [4.78, 5) is 8.40. The topological polar surface area (TPSA) is 51.2 Å². The van der Waals surface area contributed by atoms with Gasteiger partial charge in [0.25, 0.3) is 0 Å². The standard InChI is InChI=1S/C27H16N4O/c1-3-9-21-17(7-1)18-8-2-4-10-22(18)30(21)16-13-14-20-19(15-16)25-26(28-20)31-23-11-5-6-12-24(23)32-27(31)29-25/h1-15,28H. The predicted octanol–water partition coefficient (Wildman–Crippen LogP) is 6.81. The number of rotatable bonds is 1. The molecule has 4 heterocycles. The van der Waals surface area contributed by atoms with Crippen LogP contribution in [0.4, 0.5) is 0 Å². The van der Waals surface area contributed by atoms with Gasteiger partial charge in [-0.05, 0) is 42.5 Å². The van der Waals surface area contributed by atoms with E-state index in [0.29, 0.717) is 5.84 Å². The van der Waals surface area contributed by atoms with Crippen LogP contribution in [0.3, 0.4) is 0 Å². The molecule has 5 heteroatoms. The van der Waals surface area contributed by atoms with E-state index in [-0.39, 0.29) is 0 Å². The van der Waals surface area contributed by atoms with Gasteiger partial charge in [0.1, 0.15) is 11.2 Å². The molecule has 0 aliphatic rings. The molecule has 32 heavy (non-hydrogen) atoms. The number of aromatic nitrogens is 4. The number of nitrogens with zero attached hydrogens (tertiary/aromatic N) is 3. The summed E-state index contributed by atoms with van der Waals surface area (Å²) in [7, 11) is 0. The number of oxazole rings is 1. The van der Waals surface area contributed by atoms with Crippen molar-refractivity contribution in [2.24, 2.45) is 0 Å². The summed E-state index contributed by atoms with van der Waals surface area (Å²) in [5, 5.41) is 3.60. The van der Waals surface area contributed by atoms with Crippen LogP contribution in [0.5, 0.6) is 0 Å². The Balaban J connectivity index is 1.47. The fourth-order valence-electron chi connectivity index (χ4n) is 5.13. The van der Waals surface area contributed by atoms with Crippen molar-refractivity contribution in [3.8, 4) is 5.69 Å². The Morgan fingerprint density at radius 3 is 2.16 bits per heavy atom. The minimum atomic E-state index is 0.608. The first-order valence-electron chi connectivity index (χ1n) is 10.7. The third-order valence-electron chi connectivity index (χ3n) is 6.50. The first-order chi connectivity index (χ1) is 15.9. The minimum Gasteiger partial charge on any atom is -0.423 e. The van der Waals surface area contributed by atoms with Gasteiger partial charge in [-0.2, -0.15) is 4.98 Å². The van der Waals surface area contributed by atoms with E-state index < -0.39 is 0 Å². The molecule has 5 nitrogen and oxygen atoms in total. The molecule has 0 radical (unpaired) electrons. The first-order valence-corrected chi connectivity index (χ1v) is 10.7. The van der Waals surface area contributed by atoms with Crippen molar-refractivity contribution >= 4 is 60.8 Å². The third-order valence-corrected chi connectivity index (χ3v) is 6.50. The molecule has 0 aliphatic carbocycles. The second kappa shape index (κ2) is 5.59. The summed E-state index contributed by atoms with van der Waals surface area (Å²) in [5.41, 5.74) is 8.30. The van der Waals surface area contributed by atoms with Crippen molar-refractivity contribution in [2.75, 3.05) is 0 Å². The molecule has 0 aliphatic heterocycles. The molecule has 0 saturated carbocycles. The zero-order valence-corrected chi connectivity index (χ0v) is 16.9. The Morgan fingerprint density at radius 2 is 1.38 bits per heavy atom. The lowest BCUT2D eigenvalue weighted by molar-refractivity contribution is 0.643. The number of H-pyrrole nitrogens is 1. The quantitative estimate of drug-likeness (QED) is 0.322. The van der Waals surface area contributed by atoms with E-state index in [1.807, 2.05) is 18.2 Å². The average Bonchev–Trinajstić information content (AvgIpc) is 3.55. The molecular formula is C27H16N4O. The lowest BCUT2D eigenvalue weighted by Gasteiger charge is -2.08. The largest absolute Gasteiger partial charge is 0.423 e. The Bertz CT molecular complexity index is 1940. The van der Waals surface area contributed by atoms with E-state index in [0.717, 1.165) is 38.9 Å². The summed E-state index contributed by atoms with van der Waals surface area (Å²) < 4.78 is 10.4. The van der Waals surface area contributed by atoms with Crippen LogP contribution in [0, 0.1) is 0 Å². The van der Waals surface area contributed by atoms with Crippen LogP contribution < -0.4 is 0 Å². The van der Waals surface area contributed by atoms with Crippen molar-refractivity contribution in [2.45, 2.75) is 0 Å². The van der Waals surface area contributed by atoms with Crippen LogP contribution in [-0.4, -0.2) is 18.9 Å². The Labute approximate surface area is 181 Å². The zero-order chi connectivity index (χ0) is 20.8. The SMILES string of the molecule is c1ccc2c(c1)oc1nc3c4cc(-n5c6ccccc6c6ccccc65)ccc4[nH]c3n12. The van der Waals surface area contributed by atoms with Crippen LogP contribution in [-0.2, 0) is 0 Å². The Hall–Kier alpha value is -4.51. The number of nitrogens with one attached hydrogen (secondary N) is 1. The molecule has 0 amide bonds.